The molecule has 3 amide bonds. The van der Waals surface area contributed by atoms with Crippen molar-refractivity contribution in [2.45, 2.75) is 45.3 Å². The summed E-state index contributed by atoms with van der Waals surface area (Å²) in [5.74, 6) is -0.392. The molecule has 0 radical (unpaired) electrons. The number of hydrogen-bond acceptors (Lipinski definition) is 4. The van der Waals surface area contributed by atoms with E-state index in [2.05, 4.69) is 10.6 Å². The van der Waals surface area contributed by atoms with Crippen molar-refractivity contribution in [2.24, 2.45) is 0 Å². The van der Waals surface area contributed by atoms with Gasteiger partial charge in [0.05, 0.1) is 5.69 Å². The minimum Gasteiger partial charge on any atom is -0.476 e. The van der Waals surface area contributed by atoms with Crippen LogP contribution in [0, 0.1) is 6.92 Å². The highest BCUT2D eigenvalue weighted by Gasteiger charge is 2.42. The quantitative estimate of drug-likeness (QED) is 0.798. The summed E-state index contributed by atoms with van der Waals surface area (Å²) in [6, 6.07) is 12.6. The first kappa shape index (κ1) is 19.9. The number of nitrogens with one attached hydrogen (secondary N) is 2. The molecule has 0 unspecified atom stereocenters. The number of fused-ring (bicyclic) bond motifs is 1. The van der Waals surface area contributed by atoms with Crippen molar-refractivity contribution in [3.8, 4) is 5.75 Å². The van der Waals surface area contributed by atoms with Gasteiger partial charge in [-0.2, -0.15) is 0 Å². The first-order chi connectivity index (χ1) is 14.2. The molecule has 7 nitrogen and oxygen atoms in total. The highest BCUT2D eigenvalue weighted by molar-refractivity contribution is 6.08. The fourth-order valence-electron chi connectivity index (χ4n) is 3.41. The molecule has 2 aromatic rings. The van der Waals surface area contributed by atoms with Crippen LogP contribution in [-0.4, -0.2) is 35.9 Å². The van der Waals surface area contributed by atoms with Crippen LogP contribution in [-0.2, 0) is 9.59 Å². The zero-order chi connectivity index (χ0) is 21.5. The van der Waals surface area contributed by atoms with Gasteiger partial charge >= 0.3 is 0 Å². The number of benzene rings is 2. The van der Waals surface area contributed by atoms with Gasteiger partial charge in [-0.05, 0) is 63.4 Å². The van der Waals surface area contributed by atoms with Crippen LogP contribution in [0.2, 0.25) is 0 Å². The van der Waals surface area contributed by atoms with Crippen LogP contribution < -0.4 is 20.3 Å². The van der Waals surface area contributed by atoms with E-state index >= 15 is 0 Å². The second kappa shape index (κ2) is 7.48. The zero-order valence-corrected chi connectivity index (χ0v) is 17.3. The van der Waals surface area contributed by atoms with E-state index in [1.807, 2.05) is 31.2 Å². The highest BCUT2D eigenvalue weighted by Crippen LogP contribution is 2.38. The third-order valence-electron chi connectivity index (χ3n) is 5.27. The van der Waals surface area contributed by atoms with Gasteiger partial charge in [0.15, 0.2) is 5.60 Å². The fraction of sp³-hybridized carbons (Fsp3) is 0.348. The number of para-hydroxylation sites is 1. The summed E-state index contributed by atoms with van der Waals surface area (Å²) in [5, 5.41) is 5.79. The molecule has 7 heteroatoms. The Labute approximate surface area is 175 Å². The van der Waals surface area contributed by atoms with Gasteiger partial charge in [0.1, 0.15) is 12.3 Å². The van der Waals surface area contributed by atoms with Crippen LogP contribution in [0.1, 0.15) is 42.6 Å². The molecule has 4 rings (SSSR count). The monoisotopic (exact) mass is 407 g/mol. The maximum absolute atomic E-state index is 13.1. The number of ether oxygens (including phenoxy) is 1. The molecular weight excluding hydrogens is 382 g/mol. The number of carbonyl (C=O) groups is 3. The second-order valence-corrected chi connectivity index (χ2v) is 8.30. The standard InChI is InChI=1S/C23H25N3O4/c1-14-6-4-5-7-17(14)25-20(27)13-26-18-12-15(21(28)24-16-9-10-16)8-11-19(18)30-23(2,3)22(26)29/h4-8,11-12,16H,9-10,13H2,1-3H3,(H,24,28)(H,25,27). The average molecular weight is 407 g/mol. The van der Waals surface area contributed by atoms with E-state index in [-0.39, 0.29) is 30.3 Å². The molecule has 1 heterocycles. The average Bonchev–Trinajstić information content (AvgIpc) is 3.51. The smallest absolute Gasteiger partial charge is 0.271 e. The Morgan fingerprint density at radius 1 is 1.17 bits per heavy atom. The summed E-state index contributed by atoms with van der Waals surface area (Å²) in [7, 11) is 0. The van der Waals surface area contributed by atoms with Crippen molar-refractivity contribution >= 4 is 29.1 Å². The number of amides is 3. The Balaban J connectivity index is 1.61. The van der Waals surface area contributed by atoms with E-state index in [4.69, 9.17) is 4.74 Å². The zero-order valence-electron chi connectivity index (χ0n) is 17.3. The van der Waals surface area contributed by atoms with E-state index in [0.29, 0.717) is 22.7 Å². The van der Waals surface area contributed by atoms with Crippen molar-refractivity contribution in [1.82, 2.24) is 5.32 Å². The first-order valence-corrected chi connectivity index (χ1v) is 10.1. The normalized spacial score (nSPS) is 17.0. The third-order valence-corrected chi connectivity index (χ3v) is 5.27. The van der Waals surface area contributed by atoms with Gasteiger partial charge in [-0.3, -0.25) is 19.3 Å². The van der Waals surface area contributed by atoms with Crippen LogP contribution in [0.3, 0.4) is 0 Å². The lowest BCUT2D eigenvalue weighted by molar-refractivity contribution is -0.133. The maximum atomic E-state index is 13.1. The van der Waals surface area contributed by atoms with Crippen LogP contribution in [0.5, 0.6) is 5.75 Å². The highest BCUT2D eigenvalue weighted by atomic mass is 16.5. The molecule has 2 N–H and O–H groups in total. The van der Waals surface area contributed by atoms with Gasteiger partial charge in [-0.25, -0.2) is 0 Å². The number of anilines is 2. The summed E-state index contributed by atoms with van der Waals surface area (Å²) in [4.78, 5) is 39.7. The largest absolute Gasteiger partial charge is 0.476 e. The molecule has 1 aliphatic carbocycles. The SMILES string of the molecule is Cc1ccccc1NC(=O)CN1C(=O)C(C)(C)Oc2ccc(C(=O)NC3CC3)cc21. The predicted octanol–water partition coefficient (Wildman–Crippen LogP) is 3.03. The molecule has 2 aliphatic rings. The number of aryl methyl sites for hydroxylation is 1. The van der Waals surface area contributed by atoms with Crippen LogP contribution in [0.15, 0.2) is 42.5 Å². The molecule has 1 aliphatic heterocycles. The molecule has 1 fully saturated rings. The first-order valence-electron chi connectivity index (χ1n) is 10.1. The van der Waals surface area contributed by atoms with Crippen LogP contribution >= 0.6 is 0 Å². The molecule has 0 spiro atoms. The van der Waals surface area contributed by atoms with Crippen LogP contribution in [0.4, 0.5) is 11.4 Å². The summed E-state index contributed by atoms with van der Waals surface area (Å²) < 4.78 is 5.85. The lowest BCUT2D eigenvalue weighted by atomic mass is 10.0. The predicted molar refractivity (Wildman–Crippen MR) is 114 cm³/mol. The Hall–Kier alpha value is -3.35. The minimum absolute atomic E-state index is 0.180. The second-order valence-electron chi connectivity index (χ2n) is 8.30. The molecule has 2 aromatic carbocycles. The molecule has 0 saturated heterocycles. The van der Waals surface area contributed by atoms with Gasteiger partial charge in [-0.1, -0.05) is 18.2 Å². The summed E-state index contributed by atoms with van der Waals surface area (Å²) in [5.41, 5.74) is 1.36. The van der Waals surface area contributed by atoms with Gasteiger partial charge in [0.2, 0.25) is 5.91 Å². The number of carbonyl (C=O) groups excluding carboxylic acids is 3. The Morgan fingerprint density at radius 2 is 1.90 bits per heavy atom. The van der Waals surface area contributed by atoms with Gasteiger partial charge in [0, 0.05) is 17.3 Å². The van der Waals surface area contributed by atoms with E-state index in [9.17, 15) is 14.4 Å². The lowest BCUT2D eigenvalue weighted by Crippen LogP contribution is -2.54. The maximum Gasteiger partial charge on any atom is 0.271 e. The third kappa shape index (κ3) is 4.01. The van der Waals surface area contributed by atoms with Crippen molar-refractivity contribution in [1.29, 1.82) is 0 Å². The lowest BCUT2D eigenvalue weighted by Gasteiger charge is -2.38. The van der Waals surface area contributed by atoms with E-state index in [0.717, 1.165) is 18.4 Å². The molecular formula is C23H25N3O4. The molecule has 0 aromatic heterocycles. The van der Waals surface area contributed by atoms with Crippen LogP contribution in [0.25, 0.3) is 0 Å². The van der Waals surface area contributed by atoms with Crippen molar-refractivity contribution in [3.63, 3.8) is 0 Å². The van der Waals surface area contributed by atoms with Gasteiger partial charge < -0.3 is 15.4 Å². The van der Waals surface area contributed by atoms with E-state index in [1.165, 1.54) is 4.90 Å². The molecule has 1 saturated carbocycles. The summed E-state index contributed by atoms with van der Waals surface area (Å²) in [6.07, 6.45) is 1.97. The molecule has 0 atom stereocenters. The Bertz CT molecular complexity index is 1030. The number of nitrogens with zero attached hydrogens (tertiary/aromatic N) is 1. The molecule has 30 heavy (non-hydrogen) atoms. The van der Waals surface area contributed by atoms with Gasteiger partial charge in [0.25, 0.3) is 11.8 Å². The topological polar surface area (TPSA) is 87.7 Å². The van der Waals surface area contributed by atoms with Gasteiger partial charge in [-0.15, -0.1) is 0 Å². The molecule has 156 valence electrons. The Morgan fingerprint density at radius 3 is 2.60 bits per heavy atom. The van der Waals surface area contributed by atoms with Crippen molar-refractivity contribution in [3.05, 3.63) is 53.6 Å². The number of rotatable bonds is 5. The van der Waals surface area contributed by atoms with E-state index in [1.54, 1.807) is 32.0 Å². The summed E-state index contributed by atoms with van der Waals surface area (Å²) >= 11 is 0. The summed E-state index contributed by atoms with van der Waals surface area (Å²) in [6.45, 7) is 5.05. The minimum atomic E-state index is -1.12. The van der Waals surface area contributed by atoms with E-state index < -0.39 is 5.60 Å². The molecule has 0 bridgehead atoms. The fourth-order valence-corrected chi connectivity index (χ4v) is 3.41. The van der Waals surface area contributed by atoms with Crippen molar-refractivity contribution in [2.75, 3.05) is 16.8 Å². The Kier molecular flexibility index (Phi) is 4.97. The number of hydrogen-bond donors (Lipinski definition) is 2. The van der Waals surface area contributed by atoms with Crippen molar-refractivity contribution < 1.29 is 19.1 Å².